The molecule has 0 aliphatic heterocycles. The minimum atomic E-state index is 0. The smallest absolute Gasteiger partial charge is 0.0791 e. The van der Waals surface area contributed by atoms with Crippen molar-refractivity contribution in [1.29, 1.82) is 0 Å². The highest BCUT2D eigenvalue weighted by molar-refractivity contribution is 7.07. The lowest BCUT2D eigenvalue weighted by Gasteiger charge is -1.41. The molecule has 0 bridgehead atoms. The van der Waals surface area contributed by atoms with Crippen LogP contribution in [0.15, 0.2) is 17.1 Å². The van der Waals surface area contributed by atoms with Gasteiger partial charge in [-0.1, -0.05) is 0 Å². The van der Waals surface area contributed by atoms with Gasteiger partial charge in [0.1, 0.15) is 0 Å². The molecule has 0 saturated carbocycles. The average molecular weight is 103 g/mol. The number of rotatable bonds is 0. The Morgan fingerprint density at radius 2 is 2.33 bits per heavy atom. The molecule has 0 atom stereocenters. The third kappa shape index (κ3) is 1.14. The first-order chi connectivity index (χ1) is 2.50. The van der Waals surface area contributed by atoms with E-state index >= 15 is 0 Å². The first kappa shape index (κ1) is 5.59. The molecule has 1 aromatic rings. The Labute approximate surface area is 39.8 Å². The molecule has 1 heterocycles. The number of hydrogen-bond donors (Lipinski definition) is 0. The van der Waals surface area contributed by atoms with Crippen LogP contribution in [0.25, 0.3) is 0 Å². The minimum absolute atomic E-state index is 0. The molecule has 0 aliphatic carbocycles. The second kappa shape index (κ2) is 2.81. The van der Waals surface area contributed by atoms with Gasteiger partial charge in [-0.2, -0.15) is 0 Å². The van der Waals surface area contributed by atoms with Gasteiger partial charge < -0.3 is 5.48 Å². The Bertz CT molecular complexity index is 67.3. The van der Waals surface area contributed by atoms with Crippen LogP contribution in [0.5, 0.6) is 0 Å². The van der Waals surface area contributed by atoms with Crippen LogP contribution in [0, 0.1) is 0 Å². The number of hydrogen-bond acceptors (Lipinski definition) is 2. The summed E-state index contributed by atoms with van der Waals surface area (Å²) in [4.78, 5) is 3.74. The summed E-state index contributed by atoms with van der Waals surface area (Å²) in [5.74, 6) is 0. The predicted octanol–water partition coefficient (Wildman–Crippen LogP) is 0.318. The molecule has 34 valence electrons. The Morgan fingerprint density at radius 1 is 1.50 bits per heavy atom. The third-order valence-corrected chi connectivity index (χ3v) is 0.869. The van der Waals surface area contributed by atoms with Gasteiger partial charge in [-0.15, -0.1) is 11.3 Å². The molecule has 3 heteroatoms. The van der Waals surface area contributed by atoms with Crippen molar-refractivity contribution in [2.45, 2.75) is 0 Å². The average Bonchev–Trinajstić information content (AvgIpc) is 1.76. The second-order valence-electron chi connectivity index (χ2n) is 0.676. The fraction of sp³-hybridized carbons (Fsp3) is 0. The monoisotopic (exact) mass is 103 g/mol. The van der Waals surface area contributed by atoms with Gasteiger partial charge in [0.05, 0.1) is 5.51 Å². The fourth-order valence-corrected chi connectivity index (χ4v) is 0.527. The lowest BCUT2D eigenvalue weighted by molar-refractivity contribution is 0.824. The molecule has 0 fully saturated rings. The predicted molar refractivity (Wildman–Crippen MR) is 25.7 cm³/mol. The van der Waals surface area contributed by atoms with Gasteiger partial charge in [-0.05, 0) is 0 Å². The molecule has 2 N–H and O–H groups in total. The van der Waals surface area contributed by atoms with E-state index in [0.29, 0.717) is 0 Å². The van der Waals surface area contributed by atoms with Crippen LogP contribution in [0.3, 0.4) is 0 Å². The molecular weight excluding hydrogens is 98.1 g/mol. The highest BCUT2D eigenvalue weighted by atomic mass is 32.1. The fourth-order valence-electron chi connectivity index (χ4n) is 0.176. The zero-order valence-electron chi connectivity index (χ0n) is 3.09. The highest BCUT2D eigenvalue weighted by Crippen LogP contribution is 1.85. The highest BCUT2D eigenvalue weighted by Gasteiger charge is 1.59. The van der Waals surface area contributed by atoms with Crippen molar-refractivity contribution in [3.05, 3.63) is 17.1 Å². The first-order valence-corrected chi connectivity index (χ1v) is 2.26. The summed E-state index contributed by atoms with van der Waals surface area (Å²) in [7, 11) is 0. The summed E-state index contributed by atoms with van der Waals surface area (Å²) >= 11 is 1.60. The van der Waals surface area contributed by atoms with Crippen LogP contribution in [0.1, 0.15) is 0 Å². The van der Waals surface area contributed by atoms with E-state index < -0.39 is 0 Å². The molecule has 0 aromatic carbocycles. The van der Waals surface area contributed by atoms with Crippen molar-refractivity contribution in [2.24, 2.45) is 0 Å². The van der Waals surface area contributed by atoms with E-state index in [2.05, 4.69) is 4.98 Å². The molecule has 0 unspecified atom stereocenters. The molecule has 2 nitrogen and oxygen atoms in total. The lowest BCUT2D eigenvalue weighted by Crippen LogP contribution is -1.38. The van der Waals surface area contributed by atoms with Gasteiger partial charge in [0.25, 0.3) is 0 Å². The van der Waals surface area contributed by atoms with E-state index in [9.17, 15) is 0 Å². The standard InChI is InChI=1S/C3H3NS.H2O/c1-2-5-3-4-1;/h1-3H;1H2. The SMILES string of the molecule is O.c1cscn1. The van der Waals surface area contributed by atoms with Crippen LogP contribution in [-0.2, 0) is 0 Å². The summed E-state index contributed by atoms with van der Waals surface area (Å²) in [5.41, 5.74) is 1.79. The summed E-state index contributed by atoms with van der Waals surface area (Å²) in [6.07, 6.45) is 1.77. The van der Waals surface area contributed by atoms with Crippen molar-refractivity contribution in [1.82, 2.24) is 4.98 Å². The van der Waals surface area contributed by atoms with E-state index in [0.717, 1.165) is 0 Å². The number of aromatic nitrogens is 1. The van der Waals surface area contributed by atoms with Crippen LogP contribution in [0.4, 0.5) is 0 Å². The maximum atomic E-state index is 3.74. The molecule has 0 spiro atoms. The molecule has 0 amide bonds. The van der Waals surface area contributed by atoms with E-state index in [4.69, 9.17) is 0 Å². The van der Waals surface area contributed by atoms with E-state index in [-0.39, 0.29) is 5.48 Å². The molecule has 1 rings (SSSR count). The van der Waals surface area contributed by atoms with Crippen molar-refractivity contribution in [3.8, 4) is 0 Å². The van der Waals surface area contributed by atoms with Crippen LogP contribution in [-0.4, -0.2) is 10.5 Å². The summed E-state index contributed by atoms with van der Waals surface area (Å²) in [5, 5.41) is 1.93. The minimum Gasteiger partial charge on any atom is -0.412 e. The molecule has 0 aliphatic rings. The molecule has 0 radical (unpaired) electrons. The van der Waals surface area contributed by atoms with E-state index in [1.54, 1.807) is 23.0 Å². The number of thiazole rings is 1. The second-order valence-corrected chi connectivity index (χ2v) is 1.43. The molecule has 6 heavy (non-hydrogen) atoms. The zero-order chi connectivity index (χ0) is 3.54. The van der Waals surface area contributed by atoms with Gasteiger partial charge in [-0.3, -0.25) is 4.98 Å². The van der Waals surface area contributed by atoms with Gasteiger partial charge in [-0.25, -0.2) is 0 Å². The van der Waals surface area contributed by atoms with E-state index in [1.165, 1.54) is 0 Å². The molecular formula is C3H5NOS. The zero-order valence-corrected chi connectivity index (χ0v) is 3.90. The van der Waals surface area contributed by atoms with Crippen LogP contribution >= 0.6 is 11.3 Å². The molecule has 0 saturated heterocycles. The maximum Gasteiger partial charge on any atom is 0.0791 e. The van der Waals surface area contributed by atoms with Gasteiger partial charge in [0.15, 0.2) is 0 Å². The Morgan fingerprint density at radius 3 is 2.50 bits per heavy atom. The summed E-state index contributed by atoms with van der Waals surface area (Å²) < 4.78 is 0. The van der Waals surface area contributed by atoms with Crippen molar-refractivity contribution in [3.63, 3.8) is 0 Å². The van der Waals surface area contributed by atoms with Gasteiger partial charge in [0.2, 0.25) is 0 Å². The Kier molecular flexibility index (Phi) is 2.62. The first-order valence-electron chi connectivity index (χ1n) is 1.32. The normalized spacial score (nSPS) is 6.67. The summed E-state index contributed by atoms with van der Waals surface area (Å²) in [6.45, 7) is 0. The summed E-state index contributed by atoms with van der Waals surface area (Å²) in [6, 6.07) is 0. The lowest BCUT2D eigenvalue weighted by atomic mass is 11.0. The maximum absolute atomic E-state index is 3.74. The van der Waals surface area contributed by atoms with Gasteiger partial charge >= 0.3 is 0 Å². The largest absolute Gasteiger partial charge is 0.412 e. The third-order valence-electron chi connectivity index (χ3n) is 0.347. The Balaban J connectivity index is 0.000000250. The quantitative estimate of drug-likeness (QED) is 0.466. The Hall–Kier alpha value is -0.410. The molecule has 1 aromatic heterocycles. The van der Waals surface area contributed by atoms with Crippen molar-refractivity contribution >= 4 is 11.3 Å². The van der Waals surface area contributed by atoms with E-state index in [1.807, 2.05) is 5.38 Å². The van der Waals surface area contributed by atoms with Crippen molar-refractivity contribution in [2.75, 3.05) is 0 Å². The topological polar surface area (TPSA) is 44.4 Å². The van der Waals surface area contributed by atoms with Crippen LogP contribution in [0.2, 0.25) is 0 Å². The number of nitrogens with zero attached hydrogens (tertiary/aromatic N) is 1. The van der Waals surface area contributed by atoms with Crippen LogP contribution < -0.4 is 0 Å². The van der Waals surface area contributed by atoms with Gasteiger partial charge in [0, 0.05) is 11.6 Å². The van der Waals surface area contributed by atoms with Crippen molar-refractivity contribution < 1.29 is 5.48 Å².